The van der Waals surface area contributed by atoms with E-state index in [-0.39, 0.29) is 19.5 Å². The molecule has 9 heteroatoms. The van der Waals surface area contributed by atoms with Gasteiger partial charge < -0.3 is 24.8 Å². The standard InChI is InChI=1S/C21H20N2O6S/c1-28-21(27)19-13(24)8-9-23(19)18(25)11-22-20(26)12-6-7-17-15(10-12)29-14-4-2-3-5-16(14)30-17/h2-7,10,13,19,24H,8-9,11H2,1H3,(H,22,26)/t13-,19+/m1/s1. The molecule has 0 unspecified atom stereocenters. The minimum Gasteiger partial charge on any atom is -0.467 e. The number of likely N-dealkylation sites (tertiary alicyclic amines) is 1. The summed E-state index contributed by atoms with van der Waals surface area (Å²) < 4.78 is 10.5. The average Bonchev–Trinajstić information content (AvgIpc) is 3.16. The summed E-state index contributed by atoms with van der Waals surface area (Å²) in [6.07, 6.45) is -0.698. The first-order valence-corrected chi connectivity index (χ1v) is 10.2. The molecule has 1 saturated heterocycles. The number of carbonyl (C=O) groups excluding carboxylic acids is 3. The summed E-state index contributed by atoms with van der Waals surface area (Å²) in [6, 6.07) is 11.7. The molecule has 2 aliphatic heterocycles. The van der Waals surface area contributed by atoms with Gasteiger partial charge in [0.25, 0.3) is 5.91 Å². The lowest BCUT2D eigenvalue weighted by Crippen LogP contribution is -2.49. The summed E-state index contributed by atoms with van der Waals surface area (Å²) in [5, 5.41) is 12.5. The second-order valence-corrected chi connectivity index (χ2v) is 7.99. The molecule has 8 nitrogen and oxygen atoms in total. The largest absolute Gasteiger partial charge is 0.467 e. The molecule has 2 atom stereocenters. The van der Waals surface area contributed by atoms with Crippen molar-refractivity contribution in [3.63, 3.8) is 0 Å². The van der Waals surface area contributed by atoms with Gasteiger partial charge in [-0.2, -0.15) is 0 Å². The highest BCUT2D eigenvalue weighted by Gasteiger charge is 2.41. The van der Waals surface area contributed by atoms with Gasteiger partial charge in [0.1, 0.15) is 11.5 Å². The lowest BCUT2D eigenvalue weighted by Gasteiger charge is -2.24. The number of benzene rings is 2. The van der Waals surface area contributed by atoms with Crippen LogP contribution in [0.25, 0.3) is 0 Å². The fraction of sp³-hybridized carbons (Fsp3) is 0.286. The zero-order valence-electron chi connectivity index (χ0n) is 16.2. The third kappa shape index (κ3) is 3.86. The monoisotopic (exact) mass is 428 g/mol. The van der Waals surface area contributed by atoms with E-state index in [9.17, 15) is 19.5 Å². The number of amides is 2. The molecule has 2 heterocycles. The van der Waals surface area contributed by atoms with Gasteiger partial charge in [-0.05, 0) is 36.8 Å². The van der Waals surface area contributed by atoms with Crippen molar-refractivity contribution in [3.05, 3.63) is 48.0 Å². The van der Waals surface area contributed by atoms with Crippen LogP contribution >= 0.6 is 11.8 Å². The van der Waals surface area contributed by atoms with Crippen LogP contribution in [-0.4, -0.2) is 60.1 Å². The zero-order chi connectivity index (χ0) is 21.3. The minimum atomic E-state index is -1.05. The third-order valence-electron chi connectivity index (χ3n) is 5.02. The van der Waals surface area contributed by atoms with Crippen LogP contribution in [0.4, 0.5) is 0 Å². The summed E-state index contributed by atoms with van der Waals surface area (Å²) in [6.45, 7) is -0.0759. The molecular weight excluding hydrogens is 408 g/mol. The van der Waals surface area contributed by atoms with E-state index in [1.54, 1.807) is 30.0 Å². The number of para-hydroxylation sites is 1. The lowest BCUT2D eigenvalue weighted by atomic mass is 10.1. The molecule has 2 aliphatic rings. The Hall–Kier alpha value is -3.04. The van der Waals surface area contributed by atoms with Gasteiger partial charge in [-0.3, -0.25) is 9.59 Å². The van der Waals surface area contributed by atoms with Crippen LogP contribution in [0.2, 0.25) is 0 Å². The molecule has 1 fully saturated rings. The molecule has 2 aromatic carbocycles. The highest BCUT2D eigenvalue weighted by Crippen LogP contribution is 2.46. The van der Waals surface area contributed by atoms with E-state index in [2.05, 4.69) is 10.1 Å². The number of esters is 1. The molecular formula is C21H20N2O6S. The molecule has 0 bridgehead atoms. The second kappa shape index (κ2) is 8.37. The molecule has 30 heavy (non-hydrogen) atoms. The molecule has 156 valence electrons. The van der Waals surface area contributed by atoms with Crippen LogP contribution in [0.15, 0.2) is 52.3 Å². The van der Waals surface area contributed by atoms with Crippen molar-refractivity contribution >= 4 is 29.5 Å². The van der Waals surface area contributed by atoms with Crippen molar-refractivity contribution in [2.75, 3.05) is 20.2 Å². The number of aliphatic hydroxyl groups is 1. The number of nitrogens with zero attached hydrogens (tertiary/aromatic N) is 1. The summed E-state index contributed by atoms with van der Waals surface area (Å²) in [4.78, 5) is 40.0. The van der Waals surface area contributed by atoms with Gasteiger partial charge in [-0.15, -0.1) is 0 Å². The third-order valence-corrected chi connectivity index (χ3v) is 6.14. The molecule has 0 radical (unpaired) electrons. The molecule has 2 aromatic rings. The topological polar surface area (TPSA) is 105 Å². The number of methoxy groups -OCH3 is 1. The number of ether oxygens (including phenoxy) is 2. The van der Waals surface area contributed by atoms with E-state index in [1.807, 2.05) is 24.3 Å². The first-order chi connectivity index (χ1) is 14.5. The van der Waals surface area contributed by atoms with Gasteiger partial charge in [0.2, 0.25) is 5.91 Å². The van der Waals surface area contributed by atoms with Gasteiger partial charge in [0, 0.05) is 12.1 Å². The Bertz CT molecular complexity index is 1010. The predicted octanol–water partition coefficient (Wildman–Crippen LogP) is 1.81. The van der Waals surface area contributed by atoms with E-state index in [1.165, 1.54) is 12.0 Å². The fourth-order valence-electron chi connectivity index (χ4n) is 3.49. The van der Waals surface area contributed by atoms with E-state index in [0.717, 1.165) is 15.5 Å². The first-order valence-electron chi connectivity index (χ1n) is 9.40. The van der Waals surface area contributed by atoms with Crippen molar-refractivity contribution in [1.82, 2.24) is 10.2 Å². The van der Waals surface area contributed by atoms with Gasteiger partial charge in [0.05, 0.1) is 29.5 Å². The van der Waals surface area contributed by atoms with Crippen molar-refractivity contribution < 1.29 is 29.0 Å². The van der Waals surface area contributed by atoms with E-state index in [0.29, 0.717) is 11.3 Å². The second-order valence-electron chi connectivity index (χ2n) is 6.91. The Labute approximate surface area is 177 Å². The number of rotatable bonds is 4. The number of aliphatic hydroxyl groups excluding tert-OH is 1. The lowest BCUT2D eigenvalue weighted by molar-refractivity contribution is -0.153. The predicted molar refractivity (Wildman–Crippen MR) is 108 cm³/mol. The SMILES string of the molecule is COC(=O)[C@@H]1[C@H](O)CCN1C(=O)CNC(=O)c1ccc2c(c1)Oc1ccccc1S2. The number of hydrogen-bond donors (Lipinski definition) is 2. The molecule has 0 aliphatic carbocycles. The maximum Gasteiger partial charge on any atom is 0.331 e. The van der Waals surface area contributed by atoms with E-state index >= 15 is 0 Å². The smallest absolute Gasteiger partial charge is 0.331 e. The summed E-state index contributed by atoms with van der Waals surface area (Å²) >= 11 is 1.56. The van der Waals surface area contributed by atoms with Crippen molar-refractivity contribution in [3.8, 4) is 11.5 Å². The van der Waals surface area contributed by atoms with Crippen molar-refractivity contribution in [2.45, 2.75) is 28.4 Å². The number of hydrogen-bond acceptors (Lipinski definition) is 7. The van der Waals surface area contributed by atoms with Gasteiger partial charge >= 0.3 is 5.97 Å². The minimum absolute atomic E-state index is 0.221. The first kappa shape index (κ1) is 20.2. The van der Waals surface area contributed by atoms with Gasteiger partial charge in [-0.25, -0.2) is 4.79 Å². The summed E-state index contributed by atoms with van der Waals surface area (Å²) in [5.41, 5.74) is 0.354. The molecule has 2 N–H and O–H groups in total. The molecule has 2 amide bonds. The number of carbonyl (C=O) groups is 3. The van der Waals surface area contributed by atoms with Crippen LogP contribution in [0.1, 0.15) is 16.8 Å². The Morgan fingerprint density at radius 3 is 2.77 bits per heavy atom. The van der Waals surface area contributed by atoms with Crippen molar-refractivity contribution in [1.29, 1.82) is 0 Å². The van der Waals surface area contributed by atoms with E-state index in [4.69, 9.17) is 4.74 Å². The zero-order valence-corrected chi connectivity index (χ0v) is 17.0. The molecule has 4 rings (SSSR count). The van der Waals surface area contributed by atoms with Gasteiger partial charge in [0.15, 0.2) is 6.04 Å². The summed E-state index contributed by atoms with van der Waals surface area (Å²) in [7, 11) is 1.20. The van der Waals surface area contributed by atoms with Crippen LogP contribution in [0, 0.1) is 0 Å². The quantitative estimate of drug-likeness (QED) is 0.611. The van der Waals surface area contributed by atoms with Crippen molar-refractivity contribution in [2.24, 2.45) is 0 Å². The van der Waals surface area contributed by atoms with Gasteiger partial charge in [-0.1, -0.05) is 23.9 Å². The molecule has 0 aromatic heterocycles. The summed E-state index contributed by atoms with van der Waals surface area (Å²) in [5.74, 6) is -0.276. The maximum absolute atomic E-state index is 12.5. The molecule has 0 spiro atoms. The van der Waals surface area contributed by atoms with Crippen LogP contribution in [-0.2, 0) is 14.3 Å². The van der Waals surface area contributed by atoms with Crippen LogP contribution < -0.4 is 10.1 Å². The highest BCUT2D eigenvalue weighted by molar-refractivity contribution is 7.99. The normalized spacial score (nSPS) is 19.3. The Kier molecular flexibility index (Phi) is 5.65. The van der Waals surface area contributed by atoms with Crippen LogP contribution in [0.5, 0.6) is 11.5 Å². The number of nitrogens with one attached hydrogen (secondary N) is 1. The maximum atomic E-state index is 12.5. The highest BCUT2D eigenvalue weighted by atomic mass is 32.2. The Morgan fingerprint density at radius 1 is 1.20 bits per heavy atom. The van der Waals surface area contributed by atoms with Crippen LogP contribution in [0.3, 0.4) is 0 Å². The fourth-order valence-corrected chi connectivity index (χ4v) is 4.42. The Balaban J connectivity index is 1.40. The molecule has 0 saturated carbocycles. The average molecular weight is 428 g/mol. The number of fused-ring (bicyclic) bond motifs is 2. The Morgan fingerprint density at radius 2 is 1.97 bits per heavy atom. The van der Waals surface area contributed by atoms with E-state index < -0.39 is 29.9 Å².